The zero-order valence-corrected chi connectivity index (χ0v) is 14.9. The highest BCUT2D eigenvalue weighted by Crippen LogP contribution is 2.40. The first-order chi connectivity index (χ1) is 12.6. The second-order valence-electron chi connectivity index (χ2n) is 6.08. The molecule has 0 saturated carbocycles. The van der Waals surface area contributed by atoms with Crippen molar-refractivity contribution in [2.75, 3.05) is 20.5 Å². The van der Waals surface area contributed by atoms with Crippen LogP contribution in [-0.4, -0.2) is 26.5 Å². The standard InChI is InChI=1S/C19H17ClO6/c1-22-18(21)5-11-8-24-16-7-14(2-3-15(11)16)23-9-12-4-13(20)6-17-19(12)26-10-25-17/h2-4,6-7,11H,5,8-10H2,1H3/t11-/m1/s1. The first-order valence-corrected chi connectivity index (χ1v) is 8.56. The maximum absolute atomic E-state index is 11.5. The Kier molecular flexibility index (Phi) is 4.51. The first kappa shape index (κ1) is 16.8. The van der Waals surface area contributed by atoms with E-state index in [4.69, 9.17) is 35.3 Å². The van der Waals surface area contributed by atoms with E-state index in [-0.39, 0.29) is 25.3 Å². The van der Waals surface area contributed by atoms with Crippen LogP contribution in [0.2, 0.25) is 5.02 Å². The van der Waals surface area contributed by atoms with Gasteiger partial charge in [-0.05, 0) is 12.1 Å². The highest BCUT2D eigenvalue weighted by Gasteiger charge is 2.27. The van der Waals surface area contributed by atoms with Crippen LogP contribution in [0.25, 0.3) is 0 Å². The summed E-state index contributed by atoms with van der Waals surface area (Å²) < 4.78 is 27.1. The molecule has 0 aromatic heterocycles. The highest BCUT2D eigenvalue weighted by molar-refractivity contribution is 6.30. The monoisotopic (exact) mass is 376 g/mol. The van der Waals surface area contributed by atoms with Crippen LogP contribution >= 0.6 is 11.6 Å². The molecule has 0 radical (unpaired) electrons. The number of hydrogen-bond donors (Lipinski definition) is 0. The number of halogens is 1. The van der Waals surface area contributed by atoms with Crippen LogP contribution in [0, 0.1) is 0 Å². The zero-order valence-electron chi connectivity index (χ0n) is 14.1. The summed E-state index contributed by atoms with van der Waals surface area (Å²) in [5, 5.41) is 0.566. The molecule has 2 heterocycles. The fraction of sp³-hybridized carbons (Fsp3) is 0.316. The summed E-state index contributed by atoms with van der Waals surface area (Å²) in [5.41, 5.74) is 1.80. The van der Waals surface area contributed by atoms with Crippen LogP contribution in [0.15, 0.2) is 30.3 Å². The van der Waals surface area contributed by atoms with Crippen LogP contribution in [-0.2, 0) is 16.1 Å². The molecular weight excluding hydrogens is 360 g/mol. The largest absolute Gasteiger partial charge is 0.492 e. The summed E-state index contributed by atoms with van der Waals surface area (Å²) >= 11 is 6.11. The Balaban J connectivity index is 1.47. The van der Waals surface area contributed by atoms with Crippen LogP contribution in [0.5, 0.6) is 23.0 Å². The van der Waals surface area contributed by atoms with Gasteiger partial charge in [-0.3, -0.25) is 4.79 Å². The molecule has 7 heteroatoms. The molecule has 6 nitrogen and oxygen atoms in total. The molecule has 0 saturated heterocycles. The maximum atomic E-state index is 11.5. The minimum Gasteiger partial charge on any atom is -0.492 e. The average Bonchev–Trinajstić information content (AvgIpc) is 3.26. The predicted octanol–water partition coefficient (Wildman–Crippen LogP) is 3.69. The fourth-order valence-electron chi connectivity index (χ4n) is 3.11. The molecule has 2 aliphatic rings. The molecule has 1 atom stereocenters. The third-order valence-corrected chi connectivity index (χ3v) is 4.63. The molecule has 2 aromatic rings. The summed E-state index contributed by atoms with van der Waals surface area (Å²) in [4.78, 5) is 11.5. The fourth-order valence-corrected chi connectivity index (χ4v) is 3.34. The lowest BCUT2D eigenvalue weighted by atomic mass is 9.98. The second kappa shape index (κ2) is 6.96. The highest BCUT2D eigenvalue weighted by atomic mass is 35.5. The molecule has 2 aliphatic heterocycles. The van der Waals surface area contributed by atoms with E-state index < -0.39 is 0 Å². The average molecular weight is 377 g/mol. The van der Waals surface area contributed by atoms with Gasteiger partial charge in [-0.1, -0.05) is 17.7 Å². The number of esters is 1. The van der Waals surface area contributed by atoms with E-state index in [2.05, 4.69) is 0 Å². The molecule has 0 N–H and O–H groups in total. The maximum Gasteiger partial charge on any atom is 0.306 e. The van der Waals surface area contributed by atoms with E-state index in [9.17, 15) is 4.79 Å². The van der Waals surface area contributed by atoms with Crippen molar-refractivity contribution in [3.05, 3.63) is 46.5 Å². The molecule has 0 bridgehead atoms. The smallest absolute Gasteiger partial charge is 0.306 e. The second-order valence-corrected chi connectivity index (χ2v) is 6.51. The number of carbonyl (C=O) groups is 1. The quantitative estimate of drug-likeness (QED) is 0.742. The van der Waals surface area contributed by atoms with Gasteiger partial charge in [0.25, 0.3) is 0 Å². The van der Waals surface area contributed by atoms with E-state index in [1.807, 2.05) is 18.2 Å². The summed E-state index contributed by atoms with van der Waals surface area (Å²) in [6.45, 7) is 0.925. The van der Waals surface area contributed by atoms with Gasteiger partial charge in [0, 0.05) is 34.2 Å². The lowest BCUT2D eigenvalue weighted by Gasteiger charge is -2.11. The Labute approximate surface area is 155 Å². The zero-order chi connectivity index (χ0) is 18.1. The van der Waals surface area contributed by atoms with Gasteiger partial charge in [0.2, 0.25) is 6.79 Å². The van der Waals surface area contributed by atoms with Gasteiger partial charge in [0.05, 0.1) is 20.1 Å². The van der Waals surface area contributed by atoms with Crippen molar-refractivity contribution in [1.82, 2.24) is 0 Å². The van der Waals surface area contributed by atoms with Gasteiger partial charge < -0.3 is 23.7 Å². The van der Waals surface area contributed by atoms with Crippen LogP contribution in [0.4, 0.5) is 0 Å². The molecule has 4 rings (SSSR count). The molecule has 0 amide bonds. The van der Waals surface area contributed by atoms with Crippen LogP contribution < -0.4 is 18.9 Å². The molecule has 0 unspecified atom stereocenters. The van der Waals surface area contributed by atoms with Gasteiger partial charge in [-0.15, -0.1) is 0 Å². The molecular formula is C19H17ClO6. The van der Waals surface area contributed by atoms with Crippen molar-refractivity contribution in [2.45, 2.75) is 18.9 Å². The first-order valence-electron chi connectivity index (χ1n) is 8.18. The topological polar surface area (TPSA) is 63.2 Å². The summed E-state index contributed by atoms with van der Waals surface area (Å²) in [6, 6.07) is 9.13. The van der Waals surface area contributed by atoms with E-state index >= 15 is 0 Å². The van der Waals surface area contributed by atoms with Crippen molar-refractivity contribution in [3.8, 4) is 23.0 Å². The SMILES string of the molecule is COC(=O)C[C@@H]1COc2cc(OCc3cc(Cl)cc4c3OCO4)ccc21. The Morgan fingerprint density at radius 2 is 2.08 bits per heavy atom. The molecule has 2 aromatic carbocycles. The van der Waals surface area contributed by atoms with Crippen LogP contribution in [0.1, 0.15) is 23.5 Å². The third-order valence-electron chi connectivity index (χ3n) is 4.41. The number of rotatable bonds is 5. The van der Waals surface area contributed by atoms with Crippen molar-refractivity contribution in [3.63, 3.8) is 0 Å². The molecule has 0 aliphatic carbocycles. The Bertz CT molecular complexity index is 850. The summed E-state index contributed by atoms with van der Waals surface area (Å²) in [7, 11) is 1.39. The summed E-state index contributed by atoms with van der Waals surface area (Å²) in [6.07, 6.45) is 0.301. The van der Waals surface area contributed by atoms with Crippen LogP contribution in [0.3, 0.4) is 0 Å². The lowest BCUT2D eigenvalue weighted by molar-refractivity contribution is -0.141. The predicted molar refractivity (Wildman–Crippen MR) is 93.2 cm³/mol. The van der Waals surface area contributed by atoms with Crippen molar-refractivity contribution >= 4 is 17.6 Å². The number of benzene rings is 2. The minimum atomic E-state index is -0.246. The van der Waals surface area contributed by atoms with E-state index in [0.29, 0.717) is 35.3 Å². The molecule has 136 valence electrons. The number of hydrogen-bond acceptors (Lipinski definition) is 6. The normalized spacial score (nSPS) is 16.8. The van der Waals surface area contributed by atoms with Gasteiger partial charge in [-0.25, -0.2) is 0 Å². The van der Waals surface area contributed by atoms with Gasteiger partial charge in [0.1, 0.15) is 18.1 Å². The van der Waals surface area contributed by atoms with Gasteiger partial charge in [-0.2, -0.15) is 0 Å². The van der Waals surface area contributed by atoms with E-state index in [1.54, 1.807) is 12.1 Å². The van der Waals surface area contributed by atoms with Crippen molar-refractivity contribution < 1.29 is 28.5 Å². The molecule has 26 heavy (non-hydrogen) atoms. The summed E-state index contributed by atoms with van der Waals surface area (Å²) in [5.74, 6) is 2.43. The number of methoxy groups -OCH3 is 1. The molecule has 0 spiro atoms. The molecule has 0 fully saturated rings. The van der Waals surface area contributed by atoms with E-state index in [1.165, 1.54) is 7.11 Å². The van der Waals surface area contributed by atoms with Gasteiger partial charge >= 0.3 is 5.97 Å². The number of ether oxygens (including phenoxy) is 5. The minimum absolute atomic E-state index is 0.00764. The third kappa shape index (κ3) is 3.24. The number of carbonyl (C=O) groups excluding carboxylic acids is 1. The van der Waals surface area contributed by atoms with E-state index in [0.717, 1.165) is 16.9 Å². The Hall–Kier alpha value is -2.60. The lowest BCUT2D eigenvalue weighted by Crippen LogP contribution is -2.09. The Morgan fingerprint density at radius 3 is 2.92 bits per heavy atom. The number of fused-ring (bicyclic) bond motifs is 2. The Morgan fingerprint density at radius 1 is 1.19 bits per heavy atom. The van der Waals surface area contributed by atoms with Crippen molar-refractivity contribution in [1.29, 1.82) is 0 Å². The van der Waals surface area contributed by atoms with Crippen molar-refractivity contribution in [2.24, 2.45) is 0 Å². The van der Waals surface area contributed by atoms with Gasteiger partial charge in [0.15, 0.2) is 11.5 Å².